The minimum atomic E-state index is -0.874. The Labute approximate surface area is 158 Å². The van der Waals surface area contributed by atoms with E-state index < -0.39 is 28.6 Å². The van der Waals surface area contributed by atoms with Gasteiger partial charge in [0, 0.05) is 10.3 Å². The Bertz CT molecular complexity index is 950. The van der Waals surface area contributed by atoms with E-state index in [2.05, 4.69) is 0 Å². The van der Waals surface area contributed by atoms with Crippen LogP contribution in [0.2, 0.25) is 0 Å². The molecule has 1 aromatic carbocycles. The summed E-state index contributed by atoms with van der Waals surface area (Å²) in [6, 6.07) is 7.56. The number of fused-ring (bicyclic) bond motifs is 1. The molecule has 8 nitrogen and oxygen atoms in total. The molecule has 0 spiro atoms. The molecule has 2 aromatic rings. The lowest BCUT2D eigenvalue weighted by atomic mass is 9.96. The second-order valence-electron chi connectivity index (χ2n) is 6.97. The van der Waals surface area contributed by atoms with Crippen LogP contribution in [0.5, 0.6) is 0 Å². The van der Waals surface area contributed by atoms with E-state index in [1.54, 1.807) is 24.3 Å². The number of carbonyl (C=O) groups is 2. The number of nitrogens with zero attached hydrogens (tertiary/aromatic N) is 1. The molecule has 0 saturated carbocycles. The van der Waals surface area contributed by atoms with Crippen molar-refractivity contribution in [3.63, 3.8) is 0 Å². The van der Waals surface area contributed by atoms with Gasteiger partial charge >= 0.3 is 11.8 Å². The van der Waals surface area contributed by atoms with Crippen LogP contribution in [-0.2, 0) is 20.9 Å². The number of rotatable bonds is 4. The van der Waals surface area contributed by atoms with E-state index in [1.807, 2.05) is 19.9 Å². The van der Waals surface area contributed by atoms with Crippen LogP contribution < -0.4 is 11.6 Å². The second kappa shape index (κ2) is 6.28. The first kappa shape index (κ1) is 17.9. The van der Waals surface area contributed by atoms with Gasteiger partial charge in [0.1, 0.15) is 17.5 Å². The van der Waals surface area contributed by atoms with Gasteiger partial charge in [0.05, 0.1) is 0 Å². The number of thioether (sulfide) groups is 1. The zero-order valence-electron chi connectivity index (χ0n) is 14.7. The predicted molar refractivity (Wildman–Crippen MR) is 96.5 cm³/mol. The van der Waals surface area contributed by atoms with E-state index >= 15 is 0 Å². The summed E-state index contributed by atoms with van der Waals surface area (Å²) in [5.74, 6) is -1.38. The molecule has 2 aliphatic heterocycles. The van der Waals surface area contributed by atoms with Crippen molar-refractivity contribution < 1.29 is 23.2 Å². The Morgan fingerprint density at radius 1 is 1.26 bits per heavy atom. The Balaban J connectivity index is 1.52. The van der Waals surface area contributed by atoms with Crippen molar-refractivity contribution in [3.05, 3.63) is 46.7 Å². The third kappa shape index (κ3) is 2.87. The van der Waals surface area contributed by atoms with Crippen LogP contribution in [0.4, 0.5) is 0 Å². The van der Waals surface area contributed by atoms with E-state index in [-0.39, 0.29) is 29.4 Å². The Hall–Kier alpha value is -2.52. The molecule has 2 aliphatic rings. The van der Waals surface area contributed by atoms with E-state index in [0.717, 1.165) is 0 Å². The minimum absolute atomic E-state index is 0.117. The van der Waals surface area contributed by atoms with Crippen molar-refractivity contribution >= 4 is 23.6 Å². The highest BCUT2D eigenvalue weighted by atomic mass is 32.2. The topological polar surface area (TPSA) is 116 Å². The summed E-state index contributed by atoms with van der Waals surface area (Å²) in [4.78, 5) is 37.8. The number of amides is 1. The fraction of sp³-hybridized carbons (Fsp3) is 0.389. The highest BCUT2D eigenvalue weighted by Gasteiger charge is 2.63. The van der Waals surface area contributed by atoms with Crippen LogP contribution >= 0.6 is 11.8 Å². The number of carbonyl (C=O) groups excluding carboxylic acids is 2. The van der Waals surface area contributed by atoms with E-state index in [9.17, 15) is 14.4 Å². The van der Waals surface area contributed by atoms with E-state index in [1.165, 1.54) is 16.7 Å². The van der Waals surface area contributed by atoms with Crippen molar-refractivity contribution in [3.8, 4) is 11.3 Å². The molecule has 9 heteroatoms. The summed E-state index contributed by atoms with van der Waals surface area (Å²) in [6.45, 7) is 3.47. The van der Waals surface area contributed by atoms with Crippen molar-refractivity contribution in [2.45, 2.75) is 42.7 Å². The molecule has 142 valence electrons. The van der Waals surface area contributed by atoms with Crippen molar-refractivity contribution in [2.24, 2.45) is 5.73 Å². The van der Waals surface area contributed by atoms with Gasteiger partial charge in [0.2, 0.25) is 5.91 Å². The molecule has 2 N–H and O–H groups in total. The van der Waals surface area contributed by atoms with Crippen LogP contribution in [0, 0.1) is 0 Å². The summed E-state index contributed by atoms with van der Waals surface area (Å²) in [7, 11) is 0. The first-order chi connectivity index (χ1) is 12.8. The molecule has 0 aliphatic carbocycles. The largest absolute Gasteiger partial charge is 0.519 e. The van der Waals surface area contributed by atoms with Crippen LogP contribution in [-0.4, -0.2) is 39.0 Å². The van der Waals surface area contributed by atoms with Gasteiger partial charge in [-0.2, -0.15) is 0 Å². The lowest BCUT2D eigenvalue weighted by Crippen LogP contribution is -2.68. The molecule has 3 heterocycles. The zero-order chi connectivity index (χ0) is 19.3. The molecule has 27 heavy (non-hydrogen) atoms. The maximum atomic E-state index is 12.7. The molecule has 1 amide bonds. The number of ether oxygens (including phenoxy) is 1. The Morgan fingerprint density at radius 2 is 1.96 bits per heavy atom. The first-order valence-corrected chi connectivity index (χ1v) is 9.28. The average Bonchev–Trinajstić information content (AvgIpc) is 3.15. The maximum absolute atomic E-state index is 12.7. The van der Waals surface area contributed by atoms with Gasteiger partial charge in [-0.05, 0) is 13.8 Å². The summed E-state index contributed by atoms with van der Waals surface area (Å²) < 4.78 is 15.0. The van der Waals surface area contributed by atoms with Gasteiger partial charge in [-0.25, -0.2) is 9.59 Å². The summed E-state index contributed by atoms with van der Waals surface area (Å²) in [5.41, 5.74) is 6.45. The summed E-state index contributed by atoms with van der Waals surface area (Å²) in [6.07, 6.45) is 0. The standard InChI is InChI=1S/C18H18N2O6S/c1-18(2)13(20-14(21)11(19)15(20)27-18)16(22)24-8-10-12(26-17(23)25-10)9-6-4-3-5-7-9/h3-7,11,13,15H,8,19H2,1-2H3/t11?,13-,15+/m0/s1. The fourth-order valence-corrected chi connectivity index (χ4v) is 5.01. The second-order valence-corrected chi connectivity index (χ2v) is 8.74. The molecule has 1 unspecified atom stereocenters. The lowest BCUT2D eigenvalue weighted by Gasteiger charge is -2.41. The summed E-state index contributed by atoms with van der Waals surface area (Å²) in [5, 5.41) is -0.225. The minimum Gasteiger partial charge on any atom is -0.456 e. The number of nitrogens with two attached hydrogens (primary N) is 1. The number of hydrogen-bond donors (Lipinski definition) is 1. The summed E-state index contributed by atoms with van der Waals surface area (Å²) >= 11 is 1.48. The number of esters is 1. The van der Waals surface area contributed by atoms with Crippen molar-refractivity contribution in [1.82, 2.24) is 4.90 Å². The number of β-lactam (4-membered cyclic amide) rings is 1. The molecule has 1 aromatic heterocycles. The molecular weight excluding hydrogens is 372 g/mol. The smallest absolute Gasteiger partial charge is 0.456 e. The van der Waals surface area contributed by atoms with Gasteiger partial charge in [0.15, 0.2) is 18.1 Å². The van der Waals surface area contributed by atoms with Crippen LogP contribution in [0.25, 0.3) is 11.3 Å². The van der Waals surface area contributed by atoms with Gasteiger partial charge in [-0.3, -0.25) is 4.79 Å². The molecular formula is C18H18N2O6S. The van der Waals surface area contributed by atoms with Crippen LogP contribution in [0.1, 0.15) is 19.6 Å². The zero-order valence-corrected chi connectivity index (χ0v) is 15.5. The van der Waals surface area contributed by atoms with Crippen molar-refractivity contribution in [1.29, 1.82) is 0 Å². The van der Waals surface area contributed by atoms with Crippen LogP contribution in [0.15, 0.2) is 44.0 Å². The molecule has 4 rings (SSSR count). The quantitative estimate of drug-likeness (QED) is 0.614. The van der Waals surface area contributed by atoms with Gasteiger partial charge in [-0.15, -0.1) is 11.8 Å². The molecule has 0 bridgehead atoms. The molecule has 2 saturated heterocycles. The third-order valence-electron chi connectivity index (χ3n) is 4.73. The number of benzene rings is 1. The van der Waals surface area contributed by atoms with E-state index in [0.29, 0.717) is 5.56 Å². The maximum Gasteiger partial charge on any atom is 0.519 e. The molecule has 0 radical (unpaired) electrons. The highest BCUT2D eigenvalue weighted by Crippen LogP contribution is 2.50. The van der Waals surface area contributed by atoms with Crippen LogP contribution in [0.3, 0.4) is 0 Å². The van der Waals surface area contributed by atoms with Crippen molar-refractivity contribution in [2.75, 3.05) is 0 Å². The third-order valence-corrected chi connectivity index (χ3v) is 6.32. The Kier molecular flexibility index (Phi) is 4.15. The van der Waals surface area contributed by atoms with Gasteiger partial charge in [-0.1, -0.05) is 30.3 Å². The monoisotopic (exact) mass is 390 g/mol. The highest BCUT2D eigenvalue weighted by molar-refractivity contribution is 8.01. The number of hydrogen-bond acceptors (Lipinski definition) is 8. The lowest BCUT2D eigenvalue weighted by molar-refractivity contribution is -0.164. The predicted octanol–water partition coefficient (Wildman–Crippen LogP) is 1.33. The van der Waals surface area contributed by atoms with Gasteiger partial charge in [0.25, 0.3) is 0 Å². The Morgan fingerprint density at radius 3 is 2.67 bits per heavy atom. The SMILES string of the molecule is CC1(C)S[C@@H]2C(N)C(=O)N2[C@H]1C(=O)OCc1oc(=O)oc1-c1ccccc1. The fourth-order valence-electron chi connectivity index (χ4n) is 3.45. The average molecular weight is 390 g/mol. The molecule has 3 atom stereocenters. The first-order valence-electron chi connectivity index (χ1n) is 8.40. The van der Waals surface area contributed by atoms with E-state index in [4.69, 9.17) is 19.3 Å². The normalized spacial score (nSPS) is 25.8. The van der Waals surface area contributed by atoms with Gasteiger partial charge < -0.3 is 24.2 Å². The molecule has 2 fully saturated rings.